The molecule has 18 heavy (non-hydrogen) atoms. The number of nitrogens with zero attached hydrogens (tertiary/aromatic N) is 1. The third kappa shape index (κ3) is 3.25. The summed E-state index contributed by atoms with van der Waals surface area (Å²) in [5, 5.41) is 0. The summed E-state index contributed by atoms with van der Waals surface area (Å²) in [5.74, 6) is 0.311. The van der Waals surface area contributed by atoms with Crippen molar-refractivity contribution in [1.29, 1.82) is 0 Å². The number of nitrogens with two attached hydrogens (primary N) is 1. The van der Waals surface area contributed by atoms with Crippen LogP contribution in [0.1, 0.15) is 71.1 Å². The molecule has 0 aromatic carbocycles. The minimum absolute atomic E-state index is 0.203. The normalized spacial score (nSPS) is 28.1. The van der Waals surface area contributed by atoms with E-state index in [4.69, 9.17) is 5.73 Å². The zero-order valence-electron chi connectivity index (χ0n) is 11.8. The Morgan fingerprint density at radius 3 is 2.61 bits per heavy atom. The van der Waals surface area contributed by atoms with Gasteiger partial charge in [0.1, 0.15) is 0 Å². The molecule has 0 bridgehead atoms. The van der Waals surface area contributed by atoms with Crippen LogP contribution in [0, 0.1) is 0 Å². The van der Waals surface area contributed by atoms with Crippen molar-refractivity contribution < 1.29 is 4.79 Å². The second-order valence-electron chi connectivity index (χ2n) is 6.24. The van der Waals surface area contributed by atoms with Crippen molar-refractivity contribution in [3.8, 4) is 0 Å². The van der Waals surface area contributed by atoms with Gasteiger partial charge < -0.3 is 10.6 Å². The monoisotopic (exact) mass is 252 g/mol. The molecule has 0 spiro atoms. The van der Waals surface area contributed by atoms with E-state index >= 15 is 0 Å². The van der Waals surface area contributed by atoms with E-state index in [9.17, 15) is 4.79 Å². The number of rotatable bonds is 3. The Morgan fingerprint density at radius 1 is 1.22 bits per heavy atom. The van der Waals surface area contributed by atoms with Gasteiger partial charge in [-0.25, -0.2) is 0 Å². The molecule has 1 atom stereocenters. The highest BCUT2D eigenvalue weighted by Gasteiger charge is 2.34. The van der Waals surface area contributed by atoms with Crippen LogP contribution in [0.15, 0.2) is 0 Å². The van der Waals surface area contributed by atoms with Gasteiger partial charge in [0.15, 0.2) is 0 Å². The summed E-state index contributed by atoms with van der Waals surface area (Å²) in [6.45, 7) is 3.14. The molecule has 3 nitrogen and oxygen atoms in total. The van der Waals surface area contributed by atoms with Crippen LogP contribution in [-0.2, 0) is 4.79 Å². The van der Waals surface area contributed by atoms with Gasteiger partial charge in [0, 0.05) is 24.5 Å². The lowest BCUT2D eigenvalue weighted by atomic mass is 9.79. The lowest BCUT2D eigenvalue weighted by molar-refractivity contribution is -0.136. The molecule has 1 aliphatic heterocycles. The van der Waals surface area contributed by atoms with Crippen LogP contribution in [0.25, 0.3) is 0 Å². The largest absolute Gasteiger partial charge is 0.340 e. The van der Waals surface area contributed by atoms with Crippen molar-refractivity contribution in [1.82, 2.24) is 4.90 Å². The molecule has 0 radical (unpaired) electrons. The molecule has 1 aliphatic carbocycles. The summed E-state index contributed by atoms with van der Waals surface area (Å²) >= 11 is 0. The van der Waals surface area contributed by atoms with Crippen LogP contribution >= 0.6 is 0 Å². The Morgan fingerprint density at radius 2 is 1.94 bits per heavy atom. The van der Waals surface area contributed by atoms with Crippen molar-refractivity contribution in [2.24, 2.45) is 5.73 Å². The smallest absolute Gasteiger partial charge is 0.224 e. The molecule has 104 valence electrons. The van der Waals surface area contributed by atoms with Gasteiger partial charge in [0.05, 0.1) is 0 Å². The number of hydrogen-bond donors (Lipinski definition) is 1. The van der Waals surface area contributed by atoms with Gasteiger partial charge >= 0.3 is 0 Å². The lowest BCUT2D eigenvalue weighted by Crippen LogP contribution is -2.50. The van der Waals surface area contributed by atoms with Gasteiger partial charge in [-0.1, -0.05) is 26.2 Å². The minimum atomic E-state index is -0.203. The maximum atomic E-state index is 12.5. The number of hydrogen-bond acceptors (Lipinski definition) is 2. The topological polar surface area (TPSA) is 46.3 Å². The number of carbonyl (C=O) groups is 1. The highest BCUT2D eigenvalue weighted by atomic mass is 16.2. The third-order valence-electron chi connectivity index (χ3n) is 4.77. The van der Waals surface area contributed by atoms with E-state index in [0.29, 0.717) is 18.4 Å². The predicted octanol–water partition coefficient (Wildman–Crippen LogP) is 2.83. The van der Waals surface area contributed by atoms with Crippen molar-refractivity contribution in [3.05, 3.63) is 0 Å². The van der Waals surface area contributed by atoms with Crippen molar-refractivity contribution in [2.75, 3.05) is 6.54 Å². The Kier molecular flexibility index (Phi) is 4.66. The fourth-order valence-electron chi connectivity index (χ4n) is 3.59. The van der Waals surface area contributed by atoms with Crippen LogP contribution in [0.2, 0.25) is 0 Å². The Bertz CT molecular complexity index is 284. The van der Waals surface area contributed by atoms with E-state index in [1.807, 2.05) is 0 Å². The lowest BCUT2D eigenvalue weighted by Gasteiger charge is -2.39. The summed E-state index contributed by atoms with van der Waals surface area (Å²) in [4.78, 5) is 14.6. The number of amides is 1. The van der Waals surface area contributed by atoms with Gasteiger partial charge in [-0.15, -0.1) is 0 Å². The van der Waals surface area contributed by atoms with Crippen molar-refractivity contribution in [3.63, 3.8) is 0 Å². The average Bonchev–Trinajstić information content (AvgIpc) is 2.39. The van der Waals surface area contributed by atoms with Crippen LogP contribution in [0.5, 0.6) is 0 Å². The van der Waals surface area contributed by atoms with E-state index in [1.165, 1.54) is 38.5 Å². The summed E-state index contributed by atoms with van der Waals surface area (Å²) in [6.07, 6.45) is 11.0. The Hall–Kier alpha value is -0.570. The van der Waals surface area contributed by atoms with Crippen LogP contribution in [0.4, 0.5) is 0 Å². The number of carbonyl (C=O) groups excluding carboxylic acids is 1. The van der Waals surface area contributed by atoms with Crippen molar-refractivity contribution in [2.45, 2.75) is 82.7 Å². The molecular formula is C15H28N2O. The Labute approximate surface area is 111 Å². The highest BCUT2D eigenvalue weighted by molar-refractivity contribution is 5.78. The van der Waals surface area contributed by atoms with Crippen LogP contribution in [-0.4, -0.2) is 28.9 Å². The summed E-state index contributed by atoms with van der Waals surface area (Å²) in [5.41, 5.74) is 6.20. The molecule has 1 unspecified atom stereocenters. The molecule has 2 aliphatic rings. The number of likely N-dealkylation sites (tertiary alicyclic amines) is 1. The van der Waals surface area contributed by atoms with E-state index in [0.717, 1.165) is 25.8 Å². The fourth-order valence-corrected chi connectivity index (χ4v) is 3.59. The van der Waals surface area contributed by atoms with Crippen molar-refractivity contribution >= 4 is 5.91 Å². The maximum absolute atomic E-state index is 12.5. The Balaban J connectivity index is 1.93. The van der Waals surface area contributed by atoms with Gasteiger partial charge in [0.25, 0.3) is 0 Å². The summed E-state index contributed by atoms with van der Waals surface area (Å²) < 4.78 is 0. The van der Waals surface area contributed by atoms with E-state index < -0.39 is 0 Å². The first-order valence-corrected chi connectivity index (χ1v) is 7.73. The fraction of sp³-hybridized carbons (Fsp3) is 0.933. The van der Waals surface area contributed by atoms with Gasteiger partial charge in [0.2, 0.25) is 5.91 Å². The molecule has 0 aromatic heterocycles. The van der Waals surface area contributed by atoms with Crippen LogP contribution < -0.4 is 5.73 Å². The predicted molar refractivity (Wildman–Crippen MR) is 74.3 cm³/mol. The zero-order valence-corrected chi connectivity index (χ0v) is 11.8. The van der Waals surface area contributed by atoms with Gasteiger partial charge in [-0.3, -0.25) is 4.79 Å². The molecule has 3 heteroatoms. The molecular weight excluding hydrogens is 224 g/mol. The summed E-state index contributed by atoms with van der Waals surface area (Å²) in [6, 6.07) is 0.471. The first-order chi connectivity index (χ1) is 8.64. The average molecular weight is 252 g/mol. The maximum Gasteiger partial charge on any atom is 0.224 e. The highest BCUT2D eigenvalue weighted by Crippen LogP contribution is 2.30. The first kappa shape index (κ1) is 13.9. The molecule has 1 amide bonds. The van der Waals surface area contributed by atoms with E-state index in [-0.39, 0.29) is 5.54 Å². The molecule has 1 saturated carbocycles. The molecule has 0 aromatic rings. The third-order valence-corrected chi connectivity index (χ3v) is 4.77. The molecule has 2 N–H and O–H groups in total. The molecule has 1 heterocycles. The van der Waals surface area contributed by atoms with E-state index in [2.05, 4.69) is 11.8 Å². The van der Waals surface area contributed by atoms with Gasteiger partial charge in [-0.2, -0.15) is 0 Å². The zero-order chi connectivity index (χ0) is 13.0. The second kappa shape index (κ2) is 6.05. The number of piperidine rings is 1. The second-order valence-corrected chi connectivity index (χ2v) is 6.24. The van der Waals surface area contributed by atoms with Crippen LogP contribution in [0.3, 0.4) is 0 Å². The van der Waals surface area contributed by atoms with Gasteiger partial charge in [-0.05, 0) is 38.5 Å². The molecule has 2 rings (SSSR count). The standard InChI is InChI=1S/C15H28N2O/c1-2-13-8-4-7-11-17(13)14(18)12-15(16)9-5-3-6-10-15/h13H,2-12,16H2,1H3. The first-order valence-electron chi connectivity index (χ1n) is 7.73. The molecule has 2 fully saturated rings. The quantitative estimate of drug-likeness (QED) is 0.839. The SMILES string of the molecule is CCC1CCCCN1C(=O)CC1(N)CCCCC1. The summed E-state index contributed by atoms with van der Waals surface area (Å²) in [7, 11) is 0. The van der Waals surface area contributed by atoms with E-state index in [1.54, 1.807) is 0 Å². The minimum Gasteiger partial charge on any atom is -0.340 e. The molecule has 1 saturated heterocycles.